The van der Waals surface area contributed by atoms with E-state index in [-0.39, 0.29) is 6.10 Å². The van der Waals surface area contributed by atoms with E-state index in [0.29, 0.717) is 13.2 Å². The molecule has 1 rings (SSSR count). The Labute approximate surface area is 115 Å². The molecule has 0 amide bonds. The summed E-state index contributed by atoms with van der Waals surface area (Å²) in [6.45, 7) is 5.61. The van der Waals surface area contributed by atoms with Crippen LogP contribution in [0.15, 0.2) is 24.3 Å². The first-order chi connectivity index (χ1) is 9.02. The highest BCUT2D eigenvalue weighted by atomic mass is 16.5. The van der Waals surface area contributed by atoms with Crippen molar-refractivity contribution < 1.29 is 14.6 Å². The Morgan fingerprint density at radius 3 is 2.58 bits per heavy atom. The molecule has 0 radical (unpaired) electrons. The molecule has 108 valence electrons. The molecule has 0 aliphatic heterocycles. The third kappa shape index (κ3) is 6.05. The Balaban J connectivity index is 2.44. The van der Waals surface area contributed by atoms with Gasteiger partial charge in [0.25, 0.3) is 0 Å². The summed E-state index contributed by atoms with van der Waals surface area (Å²) in [4.78, 5) is 2.06. The predicted octanol–water partition coefficient (Wildman–Crippen LogP) is 1.91. The zero-order valence-electron chi connectivity index (χ0n) is 12.3. The lowest BCUT2D eigenvalue weighted by atomic mass is 10.2. The van der Waals surface area contributed by atoms with Crippen LogP contribution in [0.25, 0.3) is 0 Å². The predicted molar refractivity (Wildman–Crippen MR) is 76.4 cm³/mol. The van der Waals surface area contributed by atoms with Crippen LogP contribution in [0.4, 0.5) is 0 Å². The number of para-hydroxylation sites is 1. The number of nitrogens with zero attached hydrogens (tertiary/aromatic N) is 1. The zero-order valence-corrected chi connectivity index (χ0v) is 12.3. The summed E-state index contributed by atoms with van der Waals surface area (Å²) in [5, 5.41) is 9.88. The van der Waals surface area contributed by atoms with Crippen molar-refractivity contribution in [1.29, 1.82) is 0 Å². The molecule has 19 heavy (non-hydrogen) atoms. The van der Waals surface area contributed by atoms with E-state index < -0.39 is 6.10 Å². The van der Waals surface area contributed by atoms with Crippen LogP contribution in [0.1, 0.15) is 19.4 Å². The van der Waals surface area contributed by atoms with Crippen molar-refractivity contribution in [2.45, 2.75) is 32.6 Å². The first-order valence-corrected chi connectivity index (χ1v) is 6.63. The number of hydrogen-bond donors (Lipinski definition) is 1. The molecule has 1 aromatic carbocycles. The fourth-order valence-corrected chi connectivity index (χ4v) is 1.90. The van der Waals surface area contributed by atoms with Crippen LogP contribution >= 0.6 is 0 Å². The Kier molecular flexibility index (Phi) is 6.84. The summed E-state index contributed by atoms with van der Waals surface area (Å²) in [6, 6.07) is 7.92. The fourth-order valence-electron chi connectivity index (χ4n) is 1.90. The average Bonchev–Trinajstić information content (AvgIpc) is 2.37. The first kappa shape index (κ1) is 16.0. The third-order valence-electron chi connectivity index (χ3n) is 2.78. The van der Waals surface area contributed by atoms with E-state index in [9.17, 15) is 5.11 Å². The molecule has 1 aromatic rings. The molecule has 0 spiro atoms. The van der Waals surface area contributed by atoms with Gasteiger partial charge in [-0.3, -0.25) is 4.90 Å². The number of ether oxygens (including phenoxy) is 2. The number of aliphatic hydroxyl groups is 1. The standard InChI is InChI=1S/C15H25NO3/c1-12(2)19-11-14(17)10-16(3)9-13-7-5-6-8-15(13)18-4/h5-8,12,14,17H,9-11H2,1-4H3/t14-/m0/s1. The van der Waals surface area contributed by atoms with Crippen LogP contribution in [-0.2, 0) is 11.3 Å². The molecule has 0 aliphatic carbocycles. The van der Waals surface area contributed by atoms with E-state index >= 15 is 0 Å². The van der Waals surface area contributed by atoms with Crippen molar-refractivity contribution in [3.8, 4) is 5.75 Å². The number of hydrogen-bond acceptors (Lipinski definition) is 4. The smallest absolute Gasteiger partial charge is 0.123 e. The normalized spacial score (nSPS) is 13.0. The van der Waals surface area contributed by atoms with Crippen LogP contribution in [0.2, 0.25) is 0 Å². The lowest BCUT2D eigenvalue weighted by molar-refractivity contribution is -0.00640. The van der Waals surface area contributed by atoms with Gasteiger partial charge in [-0.05, 0) is 27.0 Å². The van der Waals surface area contributed by atoms with Crippen molar-refractivity contribution in [3.05, 3.63) is 29.8 Å². The highest BCUT2D eigenvalue weighted by Gasteiger charge is 2.11. The number of benzene rings is 1. The van der Waals surface area contributed by atoms with E-state index in [2.05, 4.69) is 4.90 Å². The van der Waals surface area contributed by atoms with Gasteiger partial charge in [-0.1, -0.05) is 18.2 Å². The molecule has 0 saturated heterocycles. The number of aliphatic hydroxyl groups excluding tert-OH is 1. The van der Waals surface area contributed by atoms with Gasteiger partial charge in [0.1, 0.15) is 5.75 Å². The Hall–Kier alpha value is -1.10. The third-order valence-corrected chi connectivity index (χ3v) is 2.78. The Morgan fingerprint density at radius 2 is 1.95 bits per heavy atom. The Morgan fingerprint density at radius 1 is 1.26 bits per heavy atom. The summed E-state index contributed by atoms with van der Waals surface area (Å²) in [7, 11) is 3.65. The lowest BCUT2D eigenvalue weighted by Crippen LogP contribution is -2.32. The van der Waals surface area contributed by atoms with Gasteiger partial charge in [0, 0.05) is 18.7 Å². The average molecular weight is 267 g/mol. The van der Waals surface area contributed by atoms with E-state index in [1.165, 1.54) is 0 Å². The molecular formula is C15H25NO3. The van der Waals surface area contributed by atoms with Gasteiger partial charge in [-0.25, -0.2) is 0 Å². The molecule has 0 unspecified atom stereocenters. The second-order valence-electron chi connectivity index (χ2n) is 5.04. The van der Waals surface area contributed by atoms with Crippen LogP contribution in [0.5, 0.6) is 5.75 Å². The summed E-state index contributed by atoms with van der Waals surface area (Å²) in [5.41, 5.74) is 1.12. The van der Waals surface area contributed by atoms with Gasteiger partial charge in [-0.15, -0.1) is 0 Å². The van der Waals surface area contributed by atoms with Gasteiger partial charge >= 0.3 is 0 Å². The topological polar surface area (TPSA) is 41.9 Å². The van der Waals surface area contributed by atoms with Crippen molar-refractivity contribution in [2.75, 3.05) is 27.3 Å². The van der Waals surface area contributed by atoms with Crippen molar-refractivity contribution >= 4 is 0 Å². The van der Waals surface area contributed by atoms with Gasteiger partial charge in [0.2, 0.25) is 0 Å². The monoisotopic (exact) mass is 267 g/mol. The maximum absolute atomic E-state index is 9.88. The van der Waals surface area contributed by atoms with Crippen molar-refractivity contribution in [2.24, 2.45) is 0 Å². The number of rotatable bonds is 8. The van der Waals surface area contributed by atoms with E-state index in [1.807, 2.05) is 45.2 Å². The van der Waals surface area contributed by atoms with Crippen LogP contribution < -0.4 is 4.74 Å². The molecule has 4 nitrogen and oxygen atoms in total. The first-order valence-electron chi connectivity index (χ1n) is 6.63. The minimum absolute atomic E-state index is 0.147. The number of likely N-dealkylation sites (N-methyl/N-ethyl adjacent to an activating group) is 1. The van der Waals surface area contributed by atoms with Crippen LogP contribution in [0, 0.1) is 0 Å². The SMILES string of the molecule is COc1ccccc1CN(C)C[C@H](O)COC(C)C. The van der Waals surface area contributed by atoms with Gasteiger partial charge in [0.05, 0.1) is 25.9 Å². The van der Waals surface area contributed by atoms with E-state index in [1.54, 1.807) is 7.11 Å². The molecule has 4 heteroatoms. The minimum Gasteiger partial charge on any atom is -0.496 e. The van der Waals surface area contributed by atoms with E-state index in [0.717, 1.165) is 17.9 Å². The van der Waals surface area contributed by atoms with Crippen molar-refractivity contribution in [1.82, 2.24) is 4.90 Å². The number of methoxy groups -OCH3 is 1. The van der Waals surface area contributed by atoms with Crippen LogP contribution in [-0.4, -0.2) is 49.5 Å². The zero-order chi connectivity index (χ0) is 14.3. The van der Waals surface area contributed by atoms with Crippen LogP contribution in [0.3, 0.4) is 0 Å². The second-order valence-corrected chi connectivity index (χ2v) is 5.04. The summed E-state index contributed by atoms with van der Waals surface area (Å²) < 4.78 is 10.7. The molecule has 0 aliphatic rings. The maximum atomic E-state index is 9.88. The molecule has 0 heterocycles. The summed E-state index contributed by atoms with van der Waals surface area (Å²) >= 11 is 0. The second kappa shape index (κ2) is 8.15. The van der Waals surface area contributed by atoms with Gasteiger partial charge in [-0.2, -0.15) is 0 Å². The molecule has 0 bridgehead atoms. The van der Waals surface area contributed by atoms with Gasteiger partial charge in [0.15, 0.2) is 0 Å². The summed E-state index contributed by atoms with van der Waals surface area (Å²) in [5.74, 6) is 0.877. The minimum atomic E-state index is -0.470. The molecule has 1 N–H and O–H groups in total. The molecule has 1 atom stereocenters. The highest BCUT2D eigenvalue weighted by Crippen LogP contribution is 2.18. The molecule has 0 aromatic heterocycles. The molecule has 0 saturated carbocycles. The highest BCUT2D eigenvalue weighted by molar-refractivity contribution is 5.32. The van der Waals surface area contributed by atoms with Crippen molar-refractivity contribution in [3.63, 3.8) is 0 Å². The largest absolute Gasteiger partial charge is 0.496 e. The quantitative estimate of drug-likeness (QED) is 0.781. The molecule has 0 fully saturated rings. The molecular weight excluding hydrogens is 242 g/mol. The maximum Gasteiger partial charge on any atom is 0.123 e. The lowest BCUT2D eigenvalue weighted by Gasteiger charge is -2.22. The van der Waals surface area contributed by atoms with E-state index in [4.69, 9.17) is 9.47 Å². The Bertz CT molecular complexity index is 368. The van der Waals surface area contributed by atoms with Gasteiger partial charge < -0.3 is 14.6 Å². The fraction of sp³-hybridized carbons (Fsp3) is 0.600. The summed E-state index contributed by atoms with van der Waals surface area (Å²) in [6.07, 6.45) is -0.323.